The van der Waals surface area contributed by atoms with Crippen molar-refractivity contribution in [1.82, 2.24) is 24.8 Å². The van der Waals surface area contributed by atoms with E-state index in [9.17, 15) is 9.59 Å². The predicted octanol–water partition coefficient (Wildman–Crippen LogP) is 0.597. The van der Waals surface area contributed by atoms with Crippen LogP contribution in [0.5, 0.6) is 0 Å². The molecule has 1 spiro atoms. The summed E-state index contributed by atoms with van der Waals surface area (Å²) >= 11 is 0. The molecule has 10 nitrogen and oxygen atoms in total. The van der Waals surface area contributed by atoms with Gasteiger partial charge in [0.15, 0.2) is 0 Å². The van der Waals surface area contributed by atoms with E-state index in [1.165, 1.54) is 6.33 Å². The summed E-state index contributed by atoms with van der Waals surface area (Å²) in [5.41, 5.74) is 6.81. The lowest BCUT2D eigenvalue weighted by molar-refractivity contribution is 0.0777. The summed E-state index contributed by atoms with van der Waals surface area (Å²) < 4.78 is 1.58. The lowest BCUT2D eigenvalue weighted by Crippen LogP contribution is -2.54. The normalized spacial score (nSPS) is 17.6. The fourth-order valence-corrected chi connectivity index (χ4v) is 4.10. The smallest absolute Gasteiger partial charge is 0.276 e. The van der Waals surface area contributed by atoms with Gasteiger partial charge in [0.2, 0.25) is 0 Å². The Hall–Kier alpha value is -3.45. The van der Waals surface area contributed by atoms with E-state index in [1.807, 2.05) is 4.90 Å². The van der Waals surface area contributed by atoms with Gasteiger partial charge in [-0.1, -0.05) is 0 Å². The van der Waals surface area contributed by atoms with Gasteiger partial charge in [0.05, 0.1) is 12.6 Å². The van der Waals surface area contributed by atoms with Crippen molar-refractivity contribution in [3.05, 3.63) is 39.6 Å². The molecule has 1 fully saturated rings. The van der Waals surface area contributed by atoms with Gasteiger partial charge in [-0.15, -0.1) is 0 Å². The van der Waals surface area contributed by atoms with Gasteiger partial charge in [0.1, 0.15) is 35.0 Å². The maximum atomic E-state index is 13.4. The minimum absolute atomic E-state index is 0.248. The number of anilines is 3. The Bertz CT molecular complexity index is 1090. The summed E-state index contributed by atoms with van der Waals surface area (Å²) in [6, 6.07) is 3.81. The van der Waals surface area contributed by atoms with Gasteiger partial charge in [0.25, 0.3) is 11.5 Å². The molecule has 150 valence electrons. The van der Waals surface area contributed by atoms with Crippen molar-refractivity contribution in [3.63, 3.8) is 0 Å². The van der Waals surface area contributed by atoms with Gasteiger partial charge in [-0.05, 0) is 25.5 Å². The Balaban J connectivity index is 1.77. The van der Waals surface area contributed by atoms with Crippen LogP contribution in [-0.2, 0) is 5.66 Å². The average molecular weight is 394 g/mol. The molecule has 0 saturated carbocycles. The highest BCUT2D eigenvalue weighted by Crippen LogP contribution is 2.34. The van der Waals surface area contributed by atoms with E-state index in [0.717, 1.165) is 0 Å². The molecule has 4 N–H and O–H groups in total. The topological polar surface area (TPSA) is 142 Å². The molecule has 2 aromatic heterocycles. The number of nitrogens with zero attached hydrogens (tertiary/aromatic N) is 5. The summed E-state index contributed by atoms with van der Waals surface area (Å²) in [7, 11) is 0. The highest BCUT2D eigenvalue weighted by molar-refractivity contribution is 5.97. The molecular weight excluding hydrogens is 372 g/mol. The third kappa shape index (κ3) is 3.00. The molecule has 29 heavy (non-hydrogen) atoms. The van der Waals surface area contributed by atoms with Gasteiger partial charge < -0.3 is 16.4 Å². The van der Waals surface area contributed by atoms with Crippen molar-refractivity contribution >= 4 is 23.2 Å². The van der Waals surface area contributed by atoms with Crippen molar-refractivity contribution in [3.8, 4) is 6.07 Å². The second kappa shape index (κ2) is 6.86. The number of nitriles is 1. The minimum Gasteiger partial charge on any atom is -0.383 e. The summed E-state index contributed by atoms with van der Waals surface area (Å²) in [5, 5.41) is 15.0. The highest BCUT2D eigenvalue weighted by Gasteiger charge is 2.46. The number of rotatable bonds is 3. The van der Waals surface area contributed by atoms with Crippen LogP contribution in [0.2, 0.25) is 0 Å². The summed E-state index contributed by atoms with van der Waals surface area (Å²) in [4.78, 5) is 36.2. The number of likely N-dealkylation sites (tertiary alicyclic amines) is 1. The number of pyridine rings is 1. The number of nitrogens with two attached hydrogens (primary N) is 1. The van der Waals surface area contributed by atoms with Gasteiger partial charge in [0, 0.05) is 31.5 Å². The molecule has 4 rings (SSSR count). The fraction of sp³-hybridized carbons (Fsp3) is 0.421. The van der Waals surface area contributed by atoms with E-state index in [4.69, 9.17) is 11.0 Å². The van der Waals surface area contributed by atoms with E-state index in [2.05, 4.69) is 26.7 Å². The summed E-state index contributed by atoms with van der Waals surface area (Å²) in [5.74, 6) is 0.533. The van der Waals surface area contributed by atoms with E-state index < -0.39 is 5.66 Å². The molecule has 10 heteroatoms. The van der Waals surface area contributed by atoms with Crippen molar-refractivity contribution in [2.75, 3.05) is 30.7 Å². The molecule has 0 radical (unpaired) electrons. The summed E-state index contributed by atoms with van der Waals surface area (Å²) in [6.07, 6.45) is 2.44. The van der Waals surface area contributed by atoms with Crippen molar-refractivity contribution in [1.29, 1.82) is 5.26 Å². The molecule has 0 aliphatic carbocycles. The largest absolute Gasteiger partial charge is 0.383 e. The van der Waals surface area contributed by atoms with E-state index in [1.54, 1.807) is 24.5 Å². The van der Waals surface area contributed by atoms with Crippen LogP contribution in [0.25, 0.3) is 0 Å². The fourth-order valence-electron chi connectivity index (χ4n) is 4.10. The quantitative estimate of drug-likeness (QED) is 0.642. The Kier molecular flexibility index (Phi) is 4.47. The van der Waals surface area contributed by atoms with Crippen LogP contribution in [0.4, 0.5) is 17.3 Å². The van der Waals surface area contributed by atoms with Crippen molar-refractivity contribution in [2.45, 2.75) is 32.4 Å². The zero-order chi connectivity index (χ0) is 20.8. The van der Waals surface area contributed by atoms with Gasteiger partial charge in [-0.3, -0.25) is 19.1 Å². The Morgan fingerprint density at radius 1 is 1.31 bits per heavy atom. The number of piperidine rings is 1. The van der Waals surface area contributed by atoms with Gasteiger partial charge >= 0.3 is 0 Å². The molecular formula is C19H22N8O2. The number of carbonyl (C=O) groups is 1. The molecule has 1 amide bonds. The number of amides is 1. The average Bonchev–Trinajstić information content (AvgIpc) is 2.98. The zero-order valence-electron chi connectivity index (χ0n) is 16.3. The van der Waals surface area contributed by atoms with Crippen LogP contribution in [0.3, 0.4) is 0 Å². The van der Waals surface area contributed by atoms with Crippen LogP contribution in [0.15, 0.2) is 17.2 Å². The number of aromatic nitrogens is 3. The van der Waals surface area contributed by atoms with E-state index >= 15 is 0 Å². The third-order valence-corrected chi connectivity index (χ3v) is 5.73. The van der Waals surface area contributed by atoms with Crippen LogP contribution < -0.4 is 21.9 Å². The second-order valence-corrected chi connectivity index (χ2v) is 7.51. The first kappa shape index (κ1) is 18.9. The van der Waals surface area contributed by atoms with Crippen LogP contribution in [0.1, 0.15) is 34.5 Å². The highest BCUT2D eigenvalue weighted by atomic mass is 16.2. The lowest BCUT2D eigenvalue weighted by Gasteiger charge is -2.39. The molecule has 2 aliphatic heterocycles. The van der Waals surface area contributed by atoms with Crippen molar-refractivity contribution < 1.29 is 4.79 Å². The van der Waals surface area contributed by atoms with Gasteiger partial charge in [-0.2, -0.15) is 5.26 Å². The Morgan fingerprint density at radius 2 is 2.03 bits per heavy atom. The second-order valence-electron chi connectivity index (χ2n) is 7.51. The zero-order valence-corrected chi connectivity index (χ0v) is 16.3. The number of nitrogen functional groups attached to an aromatic ring is 1. The maximum Gasteiger partial charge on any atom is 0.276 e. The van der Waals surface area contributed by atoms with Crippen LogP contribution >= 0.6 is 0 Å². The molecule has 0 atom stereocenters. The maximum absolute atomic E-state index is 13.4. The van der Waals surface area contributed by atoms with Crippen molar-refractivity contribution in [2.24, 2.45) is 0 Å². The molecule has 0 unspecified atom stereocenters. The molecule has 2 aliphatic rings. The predicted molar refractivity (Wildman–Crippen MR) is 107 cm³/mol. The minimum atomic E-state index is -0.780. The van der Waals surface area contributed by atoms with Crippen LogP contribution in [0, 0.1) is 25.2 Å². The number of hydrogen-bond donors (Lipinski definition) is 3. The van der Waals surface area contributed by atoms with E-state index in [0.29, 0.717) is 66.6 Å². The van der Waals surface area contributed by atoms with Gasteiger partial charge in [-0.25, -0.2) is 9.97 Å². The monoisotopic (exact) mass is 394 g/mol. The summed E-state index contributed by atoms with van der Waals surface area (Å²) in [6.45, 7) is 5.16. The first-order chi connectivity index (χ1) is 13.9. The van der Waals surface area contributed by atoms with E-state index in [-0.39, 0.29) is 11.5 Å². The molecule has 0 bridgehead atoms. The number of nitrogens with one attached hydrogen (secondary N) is 2. The number of hydrogen-bond acceptors (Lipinski definition) is 8. The molecule has 1 saturated heterocycles. The number of fused-ring (bicyclic) bond motifs is 2. The SMILES string of the molecule is Cc1cc(Nc2ncnc(N)c2C)c(=O)n2c1C(=O)NC21CCN(CC#N)CC1. The van der Waals surface area contributed by atoms with Crippen LogP contribution in [-0.4, -0.2) is 45.0 Å². The molecule has 2 aromatic rings. The standard InChI is InChI=1S/C19H22N8O2/c1-11-9-13(24-16-12(2)15(21)22-10-23-16)18(29)27-14(11)17(28)25-19(27)3-6-26(7-4-19)8-5-20/h9-10H,3-4,6-8H2,1-2H3,(H,25,28)(H3,21,22,23,24). The molecule has 4 heterocycles. The first-order valence-corrected chi connectivity index (χ1v) is 9.39. The lowest BCUT2D eigenvalue weighted by atomic mass is 9.96. The third-order valence-electron chi connectivity index (χ3n) is 5.73. The first-order valence-electron chi connectivity index (χ1n) is 9.39. The number of carbonyl (C=O) groups excluding carboxylic acids is 1. The molecule has 0 aromatic carbocycles. The Morgan fingerprint density at radius 3 is 2.72 bits per heavy atom. The number of aryl methyl sites for hydroxylation is 1. The Labute approximate surface area is 167 Å².